The third-order valence-electron chi connectivity index (χ3n) is 4.24. The predicted molar refractivity (Wildman–Crippen MR) is 116 cm³/mol. The Labute approximate surface area is 174 Å². The minimum atomic E-state index is 0. The van der Waals surface area contributed by atoms with Gasteiger partial charge in [0, 0.05) is 39.7 Å². The zero-order valence-electron chi connectivity index (χ0n) is 16.1. The van der Waals surface area contributed by atoms with E-state index in [1.165, 1.54) is 5.56 Å². The van der Waals surface area contributed by atoms with E-state index in [1.807, 2.05) is 26.1 Å². The summed E-state index contributed by atoms with van der Waals surface area (Å²) in [6.07, 6.45) is 1.13. The van der Waals surface area contributed by atoms with Gasteiger partial charge in [-0.15, -0.1) is 24.0 Å². The monoisotopic (exact) mass is 477 g/mol. The average Bonchev–Trinajstić information content (AvgIpc) is 3.09. The lowest BCUT2D eigenvalue weighted by Crippen LogP contribution is -2.39. The molecule has 148 valence electrons. The normalized spacial score (nSPS) is 17.1. The van der Waals surface area contributed by atoms with Crippen LogP contribution in [0.5, 0.6) is 5.75 Å². The van der Waals surface area contributed by atoms with Crippen LogP contribution in [-0.2, 0) is 16.0 Å². The third-order valence-corrected chi connectivity index (χ3v) is 4.24. The summed E-state index contributed by atoms with van der Waals surface area (Å²) in [5.41, 5.74) is 1.19. The fourth-order valence-corrected chi connectivity index (χ4v) is 2.98. The molecule has 0 bridgehead atoms. The first-order valence-corrected chi connectivity index (χ1v) is 9.00. The molecule has 0 radical (unpaired) electrons. The van der Waals surface area contributed by atoms with E-state index in [0.29, 0.717) is 25.7 Å². The van der Waals surface area contributed by atoms with Crippen LogP contribution in [0.15, 0.2) is 29.3 Å². The van der Waals surface area contributed by atoms with Crippen molar-refractivity contribution in [2.45, 2.75) is 19.9 Å². The maximum absolute atomic E-state index is 5.66. The quantitative estimate of drug-likeness (QED) is 0.257. The van der Waals surface area contributed by atoms with Gasteiger partial charge in [0.15, 0.2) is 5.96 Å². The van der Waals surface area contributed by atoms with Gasteiger partial charge in [-0.25, -0.2) is 0 Å². The van der Waals surface area contributed by atoms with E-state index in [4.69, 9.17) is 14.2 Å². The minimum Gasteiger partial charge on any atom is -0.494 e. The molecule has 26 heavy (non-hydrogen) atoms. The Bertz CT molecular complexity index is 543. The van der Waals surface area contributed by atoms with Crippen molar-refractivity contribution in [3.8, 4) is 5.75 Å². The molecule has 1 unspecified atom stereocenters. The summed E-state index contributed by atoms with van der Waals surface area (Å²) in [6.45, 7) is 7.50. The smallest absolute Gasteiger partial charge is 0.193 e. The number of methoxy groups -OCH3 is 1. The van der Waals surface area contributed by atoms with Gasteiger partial charge in [0.25, 0.3) is 0 Å². The molecule has 2 rings (SSSR count). The number of nitrogens with one attached hydrogen (secondary N) is 1. The largest absolute Gasteiger partial charge is 0.494 e. The van der Waals surface area contributed by atoms with Gasteiger partial charge in [-0.3, -0.25) is 4.99 Å². The van der Waals surface area contributed by atoms with Gasteiger partial charge in [0.1, 0.15) is 5.75 Å². The van der Waals surface area contributed by atoms with Crippen molar-refractivity contribution in [1.82, 2.24) is 10.2 Å². The van der Waals surface area contributed by atoms with Gasteiger partial charge < -0.3 is 24.4 Å². The summed E-state index contributed by atoms with van der Waals surface area (Å²) in [4.78, 5) is 6.73. The summed E-state index contributed by atoms with van der Waals surface area (Å²) in [5.74, 6) is 2.41. The second-order valence-electron chi connectivity index (χ2n) is 6.15. The summed E-state index contributed by atoms with van der Waals surface area (Å²) in [5, 5.41) is 3.45. The number of halogens is 1. The van der Waals surface area contributed by atoms with Gasteiger partial charge in [-0.1, -0.05) is 12.1 Å². The van der Waals surface area contributed by atoms with Gasteiger partial charge in [0.2, 0.25) is 0 Å². The van der Waals surface area contributed by atoms with Gasteiger partial charge in [-0.2, -0.15) is 0 Å². The fraction of sp³-hybridized carbons (Fsp3) is 0.632. The standard InChI is InChI=1S/C19H31N3O3.HI/c1-4-25-18-7-5-6-16(12-18)13-21-19(20-2)22-9-8-17(14-22)15-24-11-10-23-3;/h5-7,12,17H,4,8-11,13-15H2,1-3H3,(H,20,21);1H. The molecule has 0 spiro atoms. The first kappa shape index (κ1) is 23.0. The molecule has 0 aliphatic carbocycles. The molecule has 0 amide bonds. The van der Waals surface area contributed by atoms with E-state index in [9.17, 15) is 0 Å². The summed E-state index contributed by atoms with van der Waals surface area (Å²) < 4.78 is 16.2. The van der Waals surface area contributed by atoms with Crippen molar-refractivity contribution in [1.29, 1.82) is 0 Å². The molecule has 0 saturated carbocycles. The molecule has 1 aromatic carbocycles. The summed E-state index contributed by atoms with van der Waals surface area (Å²) in [7, 11) is 3.53. The van der Waals surface area contributed by atoms with E-state index in [1.54, 1.807) is 7.11 Å². The lowest BCUT2D eigenvalue weighted by molar-refractivity contribution is 0.0536. The summed E-state index contributed by atoms with van der Waals surface area (Å²) in [6, 6.07) is 8.17. The van der Waals surface area contributed by atoms with E-state index in [2.05, 4.69) is 27.3 Å². The molecule has 1 saturated heterocycles. The third kappa shape index (κ3) is 7.67. The number of hydrogen-bond acceptors (Lipinski definition) is 4. The number of nitrogens with zero attached hydrogens (tertiary/aromatic N) is 2. The van der Waals surface area contributed by atoms with Crippen LogP contribution >= 0.6 is 24.0 Å². The van der Waals surface area contributed by atoms with Crippen LogP contribution in [0.3, 0.4) is 0 Å². The second-order valence-corrected chi connectivity index (χ2v) is 6.15. The molecule has 1 atom stereocenters. The number of likely N-dealkylation sites (tertiary alicyclic amines) is 1. The van der Waals surface area contributed by atoms with Crippen LogP contribution in [0.25, 0.3) is 0 Å². The molecular formula is C19H32IN3O3. The highest BCUT2D eigenvalue weighted by Crippen LogP contribution is 2.17. The van der Waals surface area contributed by atoms with Crippen molar-refractivity contribution in [3.05, 3.63) is 29.8 Å². The van der Waals surface area contributed by atoms with Crippen LogP contribution in [0.1, 0.15) is 18.9 Å². The molecule has 1 heterocycles. The molecule has 1 aromatic rings. The highest BCUT2D eigenvalue weighted by Gasteiger charge is 2.24. The highest BCUT2D eigenvalue weighted by atomic mass is 127. The van der Waals surface area contributed by atoms with Crippen molar-refractivity contribution >= 4 is 29.9 Å². The lowest BCUT2D eigenvalue weighted by atomic mass is 10.1. The molecule has 0 aromatic heterocycles. The predicted octanol–water partition coefficient (Wildman–Crippen LogP) is 2.76. The lowest BCUT2D eigenvalue weighted by Gasteiger charge is -2.22. The van der Waals surface area contributed by atoms with Gasteiger partial charge in [0.05, 0.1) is 26.4 Å². The maximum Gasteiger partial charge on any atom is 0.193 e. The average molecular weight is 477 g/mol. The Morgan fingerprint density at radius 1 is 1.35 bits per heavy atom. The Balaban J connectivity index is 0.00000338. The minimum absolute atomic E-state index is 0. The topological polar surface area (TPSA) is 55.3 Å². The van der Waals surface area contributed by atoms with Crippen LogP contribution in [-0.4, -0.2) is 64.5 Å². The SMILES string of the molecule is CCOc1cccc(CNC(=NC)N2CCC(COCCOC)C2)c1.I. The summed E-state index contributed by atoms with van der Waals surface area (Å²) >= 11 is 0. The Hall–Kier alpha value is -1.06. The van der Waals surface area contributed by atoms with Crippen LogP contribution in [0.2, 0.25) is 0 Å². The zero-order valence-corrected chi connectivity index (χ0v) is 18.4. The van der Waals surface area contributed by atoms with E-state index in [-0.39, 0.29) is 24.0 Å². The number of hydrogen-bond donors (Lipinski definition) is 1. The van der Waals surface area contributed by atoms with Crippen LogP contribution in [0.4, 0.5) is 0 Å². The molecular weight excluding hydrogens is 445 g/mol. The first-order chi connectivity index (χ1) is 12.3. The molecule has 1 fully saturated rings. The molecule has 7 heteroatoms. The van der Waals surface area contributed by atoms with Crippen LogP contribution < -0.4 is 10.1 Å². The number of guanidine groups is 1. The van der Waals surface area contributed by atoms with Crippen molar-refractivity contribution < 1.29 is 14.2 Å². The molecule has 1 aliphatic heterocycles. The van der Waals surface area contributed by atoms with E-state index in [0.717, 1.165) is 44.4 Å². The first-order valence-electron chi connectivity index (χ1n) is 9.00. The van der Waals surface area contributed by atoms with Gasteiger partial charge >= 0.3 is 0 Å². The number of rotatable bonds is 9. The van der Waals surface area contributed by atoms with Crippen molar-refractivity contribution in [2.75, 3.05) is 53.7 Å². The molecule has 6 nitrogen and oxygen atoms in total. The van der Waals surface area contributed by atoms with Crippen molar-refractivity contribution in [2.24, 2.45) is 10.9 Å². The van der Waals surface area contributed by atoms with Crippen molar-refractivity contribution in [3.63, 3.8) is 0 Å². The Morgan fingerprint density at radius 2 is 2.19 bits per heavy atom. The number of benzene rings is 1. The molecule has 1 aliphatic rings. The van der Waals surface area contributed by atoms with E-state index >= 15 is 0 Å². The maximum atomic E-state index is 5.66. The zero-order chi connectivity index (χ0) is 17.9. The fourth-order valence-electron chi connectivity index (χ4n) is 2.98. The number of ether oxygens (including phenoxy) is 3. The highest BCUT2D eigenvalue weighted by molar-refractivity contribution is 14.0. The molecule has 1 N–H and O–H groups in total. The van der Waals surface area contributed by atoms with E-state index < -0.39 is 0 Å². The Kier molecular flexibility index (Phi) is 11.6. The Morgan fingerprint density at radius 3 is 2.92 bits per heavy atom. The second kappa shape index (κ2) is 13.2. The van der Waals surface area contributed by atoms with Crippen LogP contribution in [0, 0.1) is 5.92 Å². The van der Waals surface area contributed by atoms with Gasteiger partial charge in [-0.05, 0) is 31.0 Å². The number of aliphatic imine (C=N–C) groups is 1.